The SMILES string of the molecule is CN=C(NCc1cn(C)nc1C(F)(F)F)NCC(c1cccc(OC)c1)N1CCCC1. The molecule has 0 aliphatic carbocycles. The lowest BCUT2D eigenvalue weighted by Gasteiger charge is -2.29. The highest BCUT2D eigenvalue weighted by molar-refractivity contribution is 5.79. The lowest BCUT2D eigenvalue weighted by molar-refractivity contribution is -0.142. The van der Waals surface area contributed by atoms with Gasteiger partial charge in [-0.05, 0) is 43.6 Å². The Morgan fingerprint density at radius 3 is 2.65 bits per heavy atom. The standard InChI is InChI=1S/C21H29F3N6O/c1-25-20(26-12-16-14-29(2)28-19(16)21(22,23)24)27-13-18(30-9-4-5-10-30)15-7-6-8-17(11-15)31-3/h6-8,11,14,18H,4-5,9-10,12-13H2,1-3H3,(H2,25,26,27). The minimum Gasteiger partial charge on any atom is -0.497 e. The summed E-state index contributed by atoms with van der Waals surface area (Å²) < 4.78 is 46.1. The summed E-state index contributed by atoms with van der Waals surface area (Å²) in [6.45, 7) is 2.53. The second-order valence-corrected chi connectivity index (χ2v) is 7.52. The number of nitrogens with zero attached hydrogens (tertiary/aromatic N) is 4. The van der Waals surface area contributed by atoms with Crippen LogP contribution in [0.4, 0.5) is 13.2 Å². The number of aromatic nitrogens is 2. The van der Waals surface area contributed by atoms with Crippen LogP contribution in [0.5, 0.6) is 5.75 Å². The van der Waals surface area contributed by atoms with Crippen LogP contribution in [0.2, 0.25) is 0 Å². The minimum absolute atomic E-state index is 0.0318. The third-order valence-electron chi connectivity index (χ3n) is 5.37. The van der Waals surface area contributed by atoms with Crippen molar-refractivity contribution in [2.75, 3.05) is 33.8 Å². The van der Waals surface area contributed by atoms with Gasteiger partial charge in [-0.3, -0.25) is 14.6 Å². The molecule has 2 heterocycles. The Kier molecular flexibility index (Phi) is 7.42. The van der Waals surface area contributed by atoms with Crippen LogP contribution >= 0.6 is 0 Å². The van der Waals surface area contributed by atoms with Gasteiger partial charge in [0.15, 0.2) is 11.7 Å². The topological polar surface area (TPSA) is 66.7 Å². The van der Waals surface area contributed by atoms with Gasteiger partial charge in [0.1, 0.15) is 5.75 Å². The molecule has 7 nitrogen and oxygen atoms in total. The number of hydrogen-bond acceptors (Lipinski definition) is 4. The number of aliphatic imine (C=N–C) groups is 1. The van der Waals surface area contributed by atoms with Crippen LogP contribution in [-0.2, 0) is 19.8 Å². The van der Waals surface area contributed by atoms with Crippen LogP contribution in [-0.4, -0.2) is 54.4 Å². The first-order chi connectivity index (χ1) is 14.8. The second-order valence-electron chi connectivity index (χ2n) is 7.52. The van der Waals surface area contributed by atoms with Crippen molar-refractivity contribution < 1.29 is 17.9 Å². The first kappa shape index (κ1) is 22.9. The zero-order valence-electron chi connectivity index (χ0n) is 18.0. The molecule has 1 fully saturated rings. The molecule has 1 unspecified atom stereocenters. The van der Waals surface area contributed by atoms with E-state index >= 15 is 0 Å². The molecular formula is C21H29F3N6O. The smallest absolute Gasteiger partial charge is 0.435 e. The molecule has 0 bridgehead atoms. The number of guanidine groups is 1. The van der Waals surface area contributed by atoms with E-state index in [0.29, 0.717) is 12.5 Å². The molecule has 10 heteroatoms. The van der Waals surface area contributed by atoms with Crippen LogP contribution in [0.15, 0.2) is 35.5 Å². The largest absolute Gasteiger partial charge is 0.497 e. The fourth-order valence-corrected chi connectivity index (χ4v) is 3.86. The molecule has 1 aliphatic heterocycles. The molecule has 0 saturated carbocycles. The Morgan fingerprint density at radius 1 is 1.26 bits per heavy atom. The Hall–Kier alpha value is -2.75. The van der Waals surface area contributed by atoms with Gasteiger partial charge in [0, 0.05) is 38.9 Å². The zero-order valence-corrected chi connectivity index (χ0v) is 18.0. The zero-order chi connectivity index (χ0) is 22.4. The van der Waals surface area contributed by atoms with Crippen molar-refractivity contribution in [3.63, 3.8) is 0 Å². The average molecular weight is 438 g/mol. The highest BCUT2D eigenvalue weighted by atomic mass is 19.4. The maximum Gasteiger partial charge on any atom is 0.435 e. The fourth-order valence-electron chi connectivity index (χ4n) is 3.86. The predicted octanol–water partition coefficient (Wildman–Crippen LogP) is 2.95. The number of methoxy groups -OCH3 is 1. The van der Waals surface area contributed by atoms with E-state index in [-0.39, 0.29) is 18.2 Å². The number of likely N-dealkylation sites (tertiary alicyclic amines) is 1. The highest BCUT2D eigenvalue weighted by Gasteiger charge is 2.36. The lowest BCUT2D eigenvalue weighted by atomic mass is 10.1. The van der Waals surface area contributed by atoms with E-state index in [1.54, 1.807) is 14.2 Å². The van der Waals surface area contributed by atoms with Crippen molar-refractivity contribution in [1.82, 2.24) is 25.3 Å². The maximum atomic E-state index is 13.2. The number of ether oxygens (including phenoxy) is 1. The number of benzene rings is 1. The van der Waals surface area contributed by atoms with Crippen LogP contribution in [0.25, 0.3) is 0 Å². The van der Waals surface area contributed by atoms with Crippen LogP contribution in [0, 0.1) is 0 Å². The molecule has 0 amide bonds. The molecule has 1 saturated heterocycles. The van der Waals surface area contributed by atoms with Crippen molar-refractivity contribution in [2.24, 2.45) is 12.0 Å². The third-order valence-corrected chi connectivity index (χ3v) is 5.37. The molecular weight excluding hydrogens is 409 g/mol. The first-order valence-corrected chi connectivity index (χ1v) is 10.2. The van der Waals surface area contributed by atoms with Crippen molar-refractivity contribution in [3.05, 3.63) is 47.3 Å². The normalized spacial score (nSPS) is 16.4. The molecule has 2 N–H and O–H groups in total. The average Bonchev–Trinajstić information content (AvgIpc) is 3.40. The highest BCUT2D eigenvalue weighted by Crippen LogP contribution is 2.30. The number of aryl methyl sites for hydroxylation is 1. The summed E-state index contributed by atoms with van der Waals surface area (Å²) in [6.07, 6.45) is -0.835. The minimum atomic E-state index is -4.50. The van der Waals surface area contributed by atoms with E-state index in [4.69, 9.17) is 4.74 Å². The van der Waals surface area contributed by atoms with E-state index in [0.717, 1.165) is 37.2 Å². The summed E-state index contributed by atoms with van der Waals surface area (Å²) >= 11 is 0. The number of rotatable bonds is 7. The van der Waals surface area contributed by atoms with Crippen molar-refractivity contribution in [1.29, 1.82) is 0 Å². The van der Waals surface area contributed by atoms with E-state index in [1.807, 2.05) is 18.2 Å². The van der Waals surface area contributed by atoms with Gasteiger partial charge in [-0.15, -0.1) is 0 Å². The molecule has 1 atom stereocenters. The van der Waals surface area contributed by atoms with E-state index in [1.165, 1.54) is 17.9 Å². The van der Waals surface area contributed by atoms with Gasteiger partial charge in [-0.1, -0.05) is 12.1 Å². The van der Waals surface area contributed by atoms with Crippen LogP contribution in [0.3, 0.4) is 0 Å². The molecule has 31 heavy (non-hydrogen) atoms. The van der Waals surface area contributed by atoms with Crippen molar-refractivity contribution in [2.45, 2.75) is 31.6 Å². The summed E-state index contributed by atoms with van der Waals surface area (Å²) in [4.78, 5) is 6.57. The number of alkyl halides is 3. The maximum absolute atomic E-state index is 13.2. The summed E-state index contributed by atoms with van der Waals surface area (Å²) in [5.41, 5.74) is 0.307. The lowest BCUT2D eigenvalue weighted by Crippen LogP contribution is -2.42. The van der Waals surface area contributed by atoms with Crippen LogP contribution < -0.4 is 15.4 Å². The van der Waals surface area contributed by atoms with Gasteiger partial charge in [0.05, 0.1) is 13.2 Å². The van der Waals surface area contributed by atoms with Gasteiger partial charge in [-0.2, -0.15) is 18.3 Å². The van der Waals surface area contributed by atoms with Crippen molar-refractivity contribution >= 4 is 5.96 Å². The van der Waals surface area contributed by atoms with Gasteiger partial charge in [0.25, 0.3) is 0 Å². The Labute approximate surface area is 180 Å². The number of hydrogen-bond donors (Lipinski definition) is 2. The number of nitrogens with one attached hydrogen (secondary N) is 2. The molecule has 1 aromatic heterocycles. The summed E-state index contributed by atoms with van der Waals surface area (Å²) in [7, 11) is 4.71. The van der Waals surface area contributed by atoms with E-state index in [2.05, 4.69) is 31.7 Å². The Morgan fingerprint density at radius 2 is 2.00 bits per heavy atom. The van der Waals surface area contributed by atoms with Crippen molar-refractivity contribution in [3.8, 4) is 5.75 Å². The van der Waals surface area contributed by atoms with E-state index < -0.39 is 11.9 Å². The first-order valence-electron chi connectivity index (χ1n) is 10.2. The molecule has 3 rings (SSSR count). The van der Waals surface area contributed by atoms with Gasteiger partial charge in [0.2, 0.25) is 0 Å². The Bertz CT molecular complexity index is 889. The molecule has 2 aromatic rings. The van der Waals surface area contributed by atoms with Gasteiger partial charge >= 0.3 is 6.18 Å². The summed E-state index contributed by atoms with van der Waals surface area (Å²) in [5, 5.41) is 9.78. The molecule has 0 radical (unpaired) electrons. The molecule has 0 spiro atoms. The summed E-state index contributed by atoms with van der Waals surface area (Å²) in [6, 6.07) is 8.05. The molecule has 170 valence electrons. The monoisotopic (exact) mass is 438 g/mol. The fraction of sp³-hybridized carbons (Fsp3) is 0.524. The quantitative estimate of drug-likeness (QED) is 0.514. The molecule has 1 aliphatic rings. The van der Waals surface area contributed by atoms with E-state index in [9.17, 15) is 13.2 Å². The summed E-state index contributed by atoms with van der Waals surface area (Å²) in [5.74, 6) is 1.23. The van der Waals surface area contributed by atoms with Gasteiger partial charge < -0.3 is 15.4 Å². The van der Waals surface area contributed by atoms with Crippen LogP contribution in [0.1, 0.15) is 35.7 Å². The molecule has 1 aromatic carbocycles. The predicted molar refractivity (Wildman–Crippen MR) is 113 cm³/mol. The Balaban J connectivity index is 1.67. The third kappa shape index (κ3) is 5.90. The van der Waals surface area contributed by atoms with Gasteiger partial charge in [-0.25, -0.2) is 0 Å². The number of halogens is 3. The second kappa shape index (κ2) is 10.0.